The van der Waals surface area contributed by atoms with E-state index in [0.29, 0.717) is 0 Å². The van der Waals surface area contributed by atoms with Crippen molar-refractivity contribution < 1.29 is 9.22 Å². The molecule has 0 saturated carbocycles. The first-order chi connectivity index (χ1) is 8.60. The molecule has 20 heavy (non-hydrogen) atoms. The van der Waals surface area contributed by atoms with E-state index in [9.17, 15) is 0 Å². The van der Waals surface area contributed by atoms with E-state index in [4.69, 9.17) is 9.22 Å². The minimum atomic E-state index is -3.83. The van der Waals surface area contributed by atoms with E-state index < -0.39 is 19.6 Å². The third-order valence-corrected chi connectivity index (χ3v) is 13.8. The van der Waals surface area contributed by atoms with Gasteiger partial charge in [0.1, 0.15) is 0 Å². The Labute approximate surface area is 131 Å². The fourth-order valence-corrected chi connectivity index (χ4v) is 11.8. The molecule has 0 aromatic carbocycles. The van der Waals surface area contributed by atoms with Crippen molar-refractivity contribution in [1.29, 1.82) is 0 Å². The molecular weight excluding hydrogens is 359 g/mol. The van der Waals surface area contributed by atoms with Gasteiger partial charge in [-0.25, -0.2) is 0 Å². The molecule has 4 heteroatoms. The Morgan fingerprint density at radius 2 is 1.00 bits per heavy atom. The van der Waals surface area contributed by atoms with Crippen LogP contribution in [0.5, 0.6) is 0 Å². The van der Waals surface area contributed by atoms with E-state index in [1.807, 2.05) is 68.4 Å². The van der Waals surface area contributed by atoms with E-state index >= 15 is 0 Å². The van der Waals surface area contributed by atoms with Gasteiger partial charge < -0.3 is 0 Å². The molecule has 0 aliphatic carbocycles. The summed E-state index contributed by atoms with van der Waals surface area (Å²) >= 11 is -3.83. The number of hydrogen-bond acceptors (Lipinski definition) is 3. The summed E-state index contributed by atoms with van der Waals surface area (Å²) in [6, 6.07) is 0. The van der Waals surface area contributed by atoms with E-state index in [0.717, 1.165) is 0 Å². The average molecular weight is 393 g/mol. The molecule has 0 heterocycles. The third-order valence-electron chi connectivity index (χ3n) is 2.26. The van der Waals surface area contributed by atoms with Crippen LogP contribution in [0.15, 0.2) is 12.7 Å². The second kappa shape index (κ2) is 6.67. The monoisotopic (exact) mass is 394 g/mol. The van der Waals surface area contributed by atoms with Crippen LogP contribution in [0.1, 0.15) is 69.2 Å². The summed E-state index contributed by atoms with van der Waals surface area (Å²) in [4.78, 5) is 0. The van der Waals surface area contributed by atoms with Crippen molar-refractivity contribution in [2.24, 2.45) is 0 Å². The van der Waals surface area contributed by atoms with Crippen LogP contribution in [0.2, 0.25) is 3.93 Å². The Morgan fingerprint density at radius 3 is 1.15 bits per heavy atom. The van der Waals surface area contributed by atoms with E-state index in [2.05, 4.69) is 13.5 Å². The van der Waals surface area contributed by atoms with Crippen LogP contribution in [0.3, 0.4) is 0 Å². The average Bonchev–Trinajstić information content (AvgIpc) is 2.07. The fraction of sp³-hybridized carbons (Fsp3) is 0.875. The Morgan fingerprint density at radius 1 is 0.750 bits per heavy atom. The summed E-state index contributed by atoms with van der Waals surface area (Å²) in [5.41, 5.74) is -0.905. The summed E-state index contributed by atoms with van der Waals surface area (Å²) in [5.74, 6) is 0. The van der Waals surface area contributed by atoms with Gasteiger partial charge in [-0.05, 0) is 0 Å². The summed E-state index contributed by atoms with van der Waals surface area (Å²) in [7, 11) is 0. The van der Waals surface area contributed by atoms with Crippen LogP contribution < -0.4 is 0 Å². The van der Waals surface area contributed by atoms with Crippen molar-refractivity contribution in [3.8, 4) is 0 Å². The van der Waals surface area contributed by atoms with Crippen LogP contribution >= 0.6 is 0 Å². The van der Waals surface area contributed by atoms with E-state index in [1.54, 1.807) is 0 Å². The van der Waals surface area contributed by atoms with Gasteiger partial charge in [0.15, 0.2) is 0 Å². The SMILES string of the molecule is C=C[CH](C)[Sn]([O]C(C)(C)C)([O]C(C)(C)C)[O]C(C)(C)C. The van der Waals surface area contributed by atoms with E-state index in [1.165, 1.54) is 0 Å². The van der Waals surface area contributed by atoms with Crippen LogP contribution in [-0.4, -0.2) is 36.4 Å². The van der Waals surface area contributed by atoms with Crippen LogP contribution in [0, 0.1) is 0 Å². The van der Waals surface area contributed by atoms with Gasteiger partial charge in [0.05, 0.1) is 0 Å². The second-order valence-electron chi connectivity index (χ2n) is 8.27. The Bertz CT molecular complexity index is 277. The molecule has 0 aromatic rings. The molecule has 0 spiro atoms. The Hall–Kier alpha value is 0.419. The normalized spacial score (nSPS) is 16.1. The second-order valence-corrected chi connectivity index (χ2v) is 16.1. The van der Waals surface area contributed by atoms with Gasteiger partial charge in [0.25, 0.3) is 0 Å². The molecule has 0 fully saturated rings. The summed E-state index contributed by atoms with van der Waals surface area (Å²) in [6.07, 6.45) is 1.90. The molecule has 120 valence electrons. The summed E-state index contributed by atoms with van der Waals surface area (Å²) in [5, 5.41) is 0. The van der Waals surface area contributed by atoms with Gasteiger partial charge in [-0.15, -0.1) is 0 Å². The van der Waals surface area contributed by atoms with Crippen molar-refractivity contribution in [3.63, 3.8) is 0 Å². The molecule has 0 amide bonds. The third kappa shape index (κ3) is 8.01. The predicted molar refractivity (Wildman–Crippen MR) is 87.9 cm³/mol. The topological polar surface area (TPSA) is 27.7 Å². The number of allylic oxidation sites excluding steroid dienone is 1. The van der Waals surface area contributed by atoms with Crippen LogP contribution in [0.4, 0.5) is 0 Å². The standard InChI is InChI=1S/3C4H9O.C4H7.Sn/c3*1-4(2,3)5;1-3-4-2;/h3*1-3H3;3-4H,1H2,2H3;/q3*-1;;+3. The molecule has 0 bridgehead atoms. The van der Waals surface area contributed by atoms with Gasteiger partial charge in [0, 0.05) is 0 Å². The number of rotatable bonds is 5. The van der Waals surface area contributed by atoms with Crippen molar-refractivity contribution in [1.82, 2.24) is 0 Å². The van der Waals surface area contributed by atoms with Crippen molar-refractivity contribution in [2.75, 3.05) is 0 Å². The molecule has 3 nitrogen and oxygen atoms in total. The van der Waals surface area contributed by atoms with Crippen molar-refractivity contribution >= 4 is 19.6 Å². The first-order valence-electron chi connectivity index (χ1n) is 7.33. The van der Waals surface area contributed by atoms with Crippen LogP contribution in [-0.2, 0) is 9.22 Å². The fourth-order valence-electron chi connectivity index (χ4n) is 1.77. The molecule has 1 unspecified atom stereocenters. The minimum absolute atomic E-state index is 0.0991. The van der Waals surface area contributed by atoms with Gasteiger partial charge in [-0.3, -0.25) is 0 Å². The maximum atomic E-state index is 6.42. The molecule has 0 aliphatic heterocycles. The van der Waals surface area contributed by atoms with Gasteiger partial charge >= 0.3 is 131 Å². The molecular formula is C16H34O3Sn. The zero-order valence-corrected chi connectivity index (χ0v) is 17.9. The zero-order valence-electron chi connectivity index (χ0n) is 15.1. The maximum absolute atomic E-state index is 6.42. The Balaban J connectivity index is 5.69. The molecule has 1 atom stereocenters. The zero-order chi connectivity index (χ0) is 16.4. The summed E-state index contributed by atoms with van der Waals surface area (Å²) in [6.45, 7) is 24.5. The molecule has 0 radical (unpaired) electrons. The van der Waals surface area contributed by atoms with Crippen molar-refractivity contribution in [3.05, 3.63) is 12.7 Å². The number of hydrogen-bond donors (Lipinski definition) is 0. The molecule has 0 rings (SSSR count). The molecule has 0 N–H and O–H groups in total. The molecule has 0 aromatic heterocycles. The summed E-state index contributed by atoms with van der Waals surface area (Å²) < 4.78 is 19.4. The van der Waals surface area contributed by atoms with Crippen molar-refractivity contribution in [2.45, 2.75) is 90.0 Å². The predicted octanol–water partition coefficient (Wildman–Crippen LogP) is 4.95. The molecule has 0 aliphatic rings. The first kappa shape index (κ1) is 20.4. The van der Waals surface area contributed by atoms with Gasteiger partial charge in [-0.2, -0.15) is 0 Å². The Kier molecular flexibility index (Phi) is 6.81. The first-order valence-corrected chi connectivity index (χ1v) is 12.5. The van der Waals surface area contributed by atoms with E-state index in [-0.39, 0.29) is 20.7 Å². The van der Waals surface area contributed by atoms with Crippen LogP contribution in [0.25, 0.3) is 0 Å². The quantitative estimate of drug-likeness (QED) is 0.489. The molecule has 0 saturated heterocycles. The van der Waals surface area contributed by atoms with Gasteiger partial charge in [-0.1, -0.05) is 0 Å². The van der Waals surface area contributed by atoms with Gasteiger partial charge in [0.2, 0.25) is 0 Å².